The molecule has 0 bridgehead atoms. The first-order valence-corrected chi connectivity index (χ1v) is 11.2. The van der Waals surface area contributed by atoms with Gasteiger partial charge >= 0.3 is 0 Å². The van der Waals surface area contributed by atoms with Crippen LogP contribution >= 0.6 is 0 Å². The smallest absolute Gasteiger partial charge is 0.294 e. The second kappa shape index (κ2) is 10.8. The maximum absolute atomic E-state index is 13.6. The van der Waals surface area contributed by atoms with E-state index in [4.69, 9.17) is 5.11 Å². The third-order valence-electron chi connectivity index (χ3n) is 5.81. The van der Waals surface area contributed by atoms with Crippen molar-refractivity contribution in [1.82, 2.24) is 15.2 Å². The van der Waals surface area contributed by atoms with E-state index in [0.29, 0.717) is 22.5 Å². The van der Waals surface area contributed by atoms with Crippen LogP contribution in [-0.2, 0) is 16.6 Å². The molecular weight excluding hydrogens is 455 g/mol. The highest BCUT2D eigenvalue weighted by Gasteiger charge is 2.36. The molecule has 10 heteroatoms. The number of aromatic nitrogens is 1. The van der Waals surface area contributed by atoms with Gasteiger partial charge < -0.3 is 25.6 Å². The predicted octanol–water partition coefficient (Wildman–Crippen LogP) is 2.16. The maximum atomic E-state index is 13.6. The van der Waals surface area contributed by atoms with Gasteiger partial charge in [-0.25, -0.2) is 4.39 Å². The predicted molar refractivity (Wildman–Crippen MR) is 130 cm³/mol. The summed E-state index contributed by atoms with van der Waals surface area (Å²) >= 11 is 0. The summed E-state index contributed by atoms with van der Waals surface area (Å²) in [6.45, 7) is 9.74. The van der Waals surface area contributed by atoms with Crippen LogP contribution in [0.15, 0.2) is 18.2 Å². The monoisotopic (exact) mass is 488 g/mol. The Balaban J connectivity index is 2.33. The van der Waals surface area contributed by atoms with Gasteiger partial charge in [0.25, 0.3) is 17.6 Å². The number of aryl methyl sites for hydroxylation is 1. The van der Waals surface area contributed by atoms with Gasteiger partial charge in [-0.2, -0.15) is 0 Å². The minimum atomic E-state index is -1.03. The number of halogens is 1. The van der Waals surface area contributed by atoms with Gasteiger partial charge in [0.05, 0.1) is 17.9 Å². The second-order valence-corrected chi connectivity index (χ2v) is 9.53. The molecule has 2 rings (SSSR count). The molecule has 0 aliphatic rings. The van der Waals surface area contributed by atoms with Crippen LogP contribution in [0.25, 0.3) is 0 Å². The summed E-state index contributed by atoms with van der Waals surface area (Å²) in [5, 5.41) is 16.7. The number of anilines is 1. The van der Waals surface area contributed by atoms with E-state index in [2.05, 4.69) is 16.0 Å². The summed E-state index contributed by atoms with van der Waals surface area (Å²) in [7, 11) is 1.57. The van der Waals surface area contributed by atoms with Crippen molar-refractivity contribution in [2.45, 2.75) is 47.6 Å². The lowest BCUT2D eigenvalue weighted by molar-refractivity contribution is -0.130. The summed E-state index contributed by atoms with van der Waals surface area (Å²) in [4.78, 5) is 51.5. The summed E-state index contributed by atoms with van der Waals surface area (Å²) in [5.41, 5.74) is 1.05. The van der Waals surface area contributed by atoms with E-state index in [-0.39, 0.29) is 24.4 Å². The van der Waals surface area contributed by atoms with Crippen LogP contribution in [0, 0.1) is 32.0 Å². The number of nitrogens with one attached hydrogen (secondary N) is 3. The molecule has 2 aromatic rings. The molecule has 0 radical (unpaired) electrons. The Hall–Kier alpha value is -3.53. The van der Waals surface area contributed by atoms with E-state index >= 15 is 0 Å². The summed E-state index contributed by atoms with van der Waals surface area (Å²) in [5.74, 6) is -3.31. The number of amides is 3. The molecule has 0 fully saturated rings. The van der Waals surface area contributed by atoms with Crippen LogP contribution in [0.1, 0.15) is 58.4 Å². The van der Waals surface area contributed by atoms with Gasteiger partial charge in [-0.1, -0.05) is 20.8 Å². The van der Waals surface area contributed by atoms with Gasteiger partial charge in [0, 0.05) is 25.0 Å². The molecule has 1 heterocycles. The largest absolute Gasteiger partial charge is 0.395 e. The molecule has 9 nitrogen and oxygen atoms in total. The number of hydrogen-bond donors (Lipinski definition) is 4. The fourth-order valence-corrected chi connectivity index (χ4v) is 3.81. The zero-order chi connectivity index (χ0) is 26.7. The lowest BCUT2D eigenvalue weighted by Crippen LogP contribution is -2.55. The lowest BCUT2D eigenvalue weighted by atomic mass is 9.86. The molecule has 0 spiro atoms. The Kier molecular flexibility index (Phi) is 8.56. The van der Waals surface area contributed by atoms with Gasteiger partial charge in [0.2, 0.25) is 5.91 Å². The van der Waals surface area contributed by atoms with Crippen LogP contribution in [-0.4, -0.2) is 52.4 Å². The second-order valence-electron chi connectivity index (χ2n) is 9.53. The Morgan fingerprint density at radius 2 is 1.74 bits per heavy atom. The van der Waals surface area contributed by atoms with E-state index in [0.717, 1.165) is 0 Å². The number of aliphatic hydroxyl groups excluding tert-OH is 1. The van der Waals surface area contributed by atoms with Gasteiger partial charge in [0.15, 0.2) is 0 Å². The van der Waals surface area contributed by atoms with Crippen molar-refractivity contribution in [3.63, 3.8) is 0 Å². The molecule has 1 aromatic heterocycles. The minimum Gasteiger partial charge on any atom is -0.395 e. The summed E-state index contributed by atoms with van der Waals surface area (Å²) in [6.07, 6.45) is 0. The molecular formula is C25H33FN4O5. The Labute approximate surface area is 204 Å². The first kappa shape index (κ1) is 27.7. The number of carbonyl (C=O) groups excluding carboxylic acids is 4. The lowest BCUT2D eigenvalue weighted by Gasteiger charge is -2.30. The number of rotatable bonds is 8. The van der Waals surface area contributed by atoms with Crippen LogP contribution in [0.3, 0.4) is 0 Å². The topological polar surface area (TPSA) is 130 Å². The number of nitrogens with zero attached hydrogens (tertiary/aromatic N) is 1. The Bertz CT molecular complexity index is 1160. The zero-order valence-electron chi connectivity index (χ0n) is 21.1. The SMILES string of the molecule is Cc1cc(NC(=O)c2c(C)c(C(=O)C(=O)N[C@@H](C(=O)NCCO)C(C)(C)C)n(C)c2C)ccc1F. The van der Waals surface area contributed by atoms with Crippen molar-refractivity contribution in [3.8, 4) is 0 Å². The zero-order valence-corrected chi connectivity index (χ0v) is 21.1. The van der Waals surface area contributed by atoms with Crippen molar-refractivity contribution in [1.29, 1.82) is 0 Å². The molecule has 0 aliphatic heterocycles. The van der Waals surface area contributed by atoms with Crippen molar-refractivity contribution in [2.24, 2.45) is 12.5 Å². The fourth-order valence-electron chi connectivity index (χ4n) is 3.81. The third kappa shape index (κ3) is 6.13. The van der Waals surface area contributed by atoms with Crippen LogP contribution < -0.4 is 16.0 Å². The summed E-state index contributed by atoms with van der Waals surface area (Å²) < 4.78 is 15.0. The van der Waals surface area contributed by atoms with E-state index in [9.17, 15) is 23.6 Å². The Morgan fingerprint density at radius 3 is 2.29 bits per heavy atom. The first-order valence-electron chi connectivity index (χ1n) is 11.2. The third-order valence-corrected chi connectivity index (χ3v) is 5.81. The van der Waals surface area contributed by atoms with Crippen molar-refractivity contribution < 1.29 is 28.7 Å². The fraction of sp³-hybridized carbons (Fsp3) is 0.440. The molecule has 3 amide bonds. The molecule has 190 valence electrons. The number of Topliss-reactive ketones (excluding diaryl/α,β-unsaturated/α-hetero) is 1. The molecule has 4 N–H and O–H groups in total. The maximum Gasteiger partial charge on any atom is 0.294 e. The molecule has 1 aromatic carbocycles. The standard InChI is InChI=1S/C25H33FN4O5/c1-13-12-16(8-9-17(13)26)28-22(33)18-14(2)19(30(7)15(18)3)20(32)23(34)29-21(25(4,5)6)24(35)27-10-11-31/h8-9,12,21,31H,10-11H2,1-7H3,(H,27,35)(H,28,33)(H,29,34)/t21-/m0/s1. The van der Waals surface area contributed by atoms with Crippen LogP contribution in [0.2, 0.25) is 0 Å². The van der Waals surface area contributed by atoms with Crippen molar-refractivity contribution >= 4 is 29.2 Å². The van der Waals surface area contributed by atoms with Crippen LogP contribution in [0.5, 0.6) is 0 Å². The normalized spacial score (nSPS) is 12.1. The highest BCUT2D eigenvalue weighted by atomic mass is 19.1. The van der Waals surface area contributed by atoms with Gasteiger partial charge in [0.1, 0.15) is 11.9 Å². The van der Waals surface area contributed by atoms with E-state index in [1.165, 1.54) is 22.8 Å². The number of benzene rings is 1. The molecule has 0 aliphatic carbocycles. The number of ketones is 1. The average Bonchev–Trinajstić information content (AvgIpc) is 2.99. The number of carbonyl (C=O) groups is 4. The quantitative estimate of drug-likeness (QED) is 0.334. The van der Waals surface area contributed by atoms with Gasteiger partial charge in [-0.15, -0.1) is 0 Å². The van der Waals surface area contributed by atoms with Gasteiger partial charge in [-0.3, -0.25) is 19.2 Å². The molecule has 35 heavy (non-hydrogen) atoms. The molecule has 0 saturated heterocycles. The van der Waals surface area contributed by atoms with Crippen LogP contribution in [0.4, 0.5) is 10.1 Å². The molecule has 0 saturated carbocycles. The number of hydrogen-bond acceptors (Lipinski definition) is 5. The molecule has 0 unspecified atom stereocenters. The van der Waals surface area contributed by atoms with E-state index < -0.39 is 40.8 Å². The number of aliphatic hydroxyl groups is 1. The van der Waals surface area contributed by atoms with Gasteiger partial charge in [-0.05, 0) is 55.5 Å². The van der Waals surface area contributed by atoms with E-state index in [1.54, 1.807) is 48.6 Å². The van der Waals surface area contributed by atoms with Crippen molar-refractivity contribution in [2.75, 3.05) is 18.5 Å². The first-order chi connectivity index (χ1) is 16.2. The highest BCUT2D eigenvalue weighted by Crippen LogP contribution is 2.25. The van der Waals surface area contributed by atoms with E-state index in [1.807, 2.05) is 0 Å². The summed E-state index contributed by atoms with van der Waals surface area (Å²) in [6, 6.07) is 3.14. The van der Waals surface area contributed by atoms with Crippen molar-refractivity contribution in [3.05, 3.63) is 52.1 Å². The molecule has 1 atom stereocenters. The average molecular weight is 489 g/mol. The minimum absolute atomic E-state index is 0.0113. The Morgan fingerprint density at radius 1 is 1.11 bits per heavy atom. The highest BCUT2D eigenvalue weighted by molar-refractivity contribution is 6.43.